The highest BCUT2D eigenvalue weighted by Crippen LogP contribution is 2.12. The number of primary amides is 2. The molecule has 0 spiro atoms. The van der Waals surface area contributed by atoms with Gasteiger partial charge in [-0.1, -0.05) is 12.1 Å². The number of phenolic OH excluding ortho intramolecular Hbond substituents is 1. The van der Waals surface area contributed by atoms with Crippen LogP contribution in [0.5, 0.6) is 5.75 Å². The van der Waals surface area contributed by atoms with E-state index in [1.807, 2.05) is 0 Å². The maximum atomic E-state index is 13.6. The van der Waals surface area contributed by atoms with E-state index in [1.54, 1.807) is 0 Å². The van der Waals surface area contributed by atoms with Gasteiger partial charge >= 0.3 is 0 Å². The highest BCUT2D eigenvalue weighted by Gasteiger charge is 2.38. The Hall–Kier alpha value is -5.99. The molecule has 0 aromatic heterocycles. The Morgan fingerprint density at radius 2 is 0.867 bits per heavy atom. The number of hydrogen-bond donors (Lipinski definition) is 16. The first-order valence-electron chi connectivity index (χ1n) is 18.4. The third kappa shape index (κ3) is 16.7. The molecule has 12 atom stereocenters. The van der Waals surface area contributed by atoms with Crippen molar-refractivity contribution in [2.45, 2.75) is 120 Å². The molecule has 0 radical (unpaired) electrons. The monoisotopic (exact) mass is 856 g/mol. The first-order valence-corrected chi connectivity index (χ1v) is 18.4. The number of carbonyl (C=O) groups excluding carboxylic acids is 9. The molecule has 0 saturated carbocycles. The van der Waals surface area contributed by atoms with Crippen molar-refractivity contribution in [1.82, 2.24) is 37.2 Å². The van der Waals surface area contributed by atoms with Crippen LogP contribution in [0.1, 0.15) is 46.6 Å². The normalized spacial score (nSPS) is 17.1. The molecule has 2 unspecified atom stereocenters. The van der Waals surface area contributed by atoms with Crippen LogP contribution in [0.2, 0.25) is 0 Å². The Bertz CT molecular complexity index is 1690. The van der Waals surface area contributed by atoms with Crippen LogP contribution >= 0.6 is 0 Å². The molecule has 1 aromatic carbocycles. The molecule has 0 fully saturated rings. The number of aliphatic hydroxyl groups is 5. The van der Waals surface area contributed by atoms with Crippen molar-refractivity contribution in [2.24, 2.45) is 17.2 Å². The number of nitrogens with two attached hydrogens (primary N) is 3. The van der Waals surface area contributed by atoms with Crippen LogP contribution in [0.3, 0.4) is 0 Å². The average molecular weight is 857 g/mol. The molecule has 0 bridgehead atoms. The number of carbonyl (C=O) groups is 9. The van der Waals surface area contributed by atoms with E-state index in [-0.39, 0.29) is 12.2 Å². The number of aliphatic hydroxyl groups excluding tert-OH is 5. The smallest absolute Gasteiger partial charge is 0.245 e. The van der Waals surface area contributed by atoms with E-state index in [9.17, 15) is 73.8 Å². The Kier molecular flexibility index (Phi) is 21.0. The molecular formula is C35H56N10O15. The fourth-order valence-electron chi connectivity index (χ4n) is 5.16. The lowest BCUT2D eigenvalue weighted by Crippen LogP contribution is -2.64. The summed E-state index contributed by atoms with van der Waals surface area (Å²) in [4.78, 5) is 116. The minimum Gasteiger partial charge on any atom is -0.508 e. The summed E-state index contributed by atoms with van der Waals surface area (Å²) in [6.45, 7) is 4.64. The van der Waals surface area contributed by atoms with Crippen molar-refractivity contribution < 1.29 is 73.8 Å². The third-order valence-electron chi connectivity index (χ3n) is 8.55. The number of nitrogens with one attached hydrogen (secondary N) is 7. The molecule has 25 nitrogen and oxygen atoms in total. The van der Waals surface area contributed by atoms with Crippen molar-refractivity contribution in [3.05, 3.63) is 29.8 Å². The van der Waals surface area contributed by atoms with Gasteiger partial charge in [-0.2, -0.15) is 0 Å². The van der Waals surface area contributed by atoms with Gasteiger partial charge in [0.25, 0.3) is 0 Å². The number of aromatic hydroxyl groups is 1. The summed E-state index contributed by atoms with van der Waals surface area (Å²) < 4.78 is 0. The van der Waals surface area contributed by atoms with Gasteiger partial charge in [0.15, 0.2) is 0 Å². The largest absolute Gasteiger partial charge is 0.508 e. The Labute approximate surface area is 343 Å². The van der Waals surface area contributed by atoms with Crippen molar-refractivity contribution in [3.8, 4) is 5.75 Å². The molecule has 1 rings (SSSR count). The first-order chi connectivity index (χ1) is 27.8. The standard InChI is InChI=1S/C35H56N10O15/c1-13(36)29(54)41-22(12-46)32(57)43-26(16(4)49)34(59)45-27(17(5)50)35(60)44-25(15(3)48)33(58)40-21(11-23(37)52)30(55)39-20(10-18-6-8-19(51)9-7-18)31(56)42-24(14(2)47)28(38)53/h6-9,13-17,20-22,24-27,46-51H,10-12,36H2,1-5H3,(H2,37,52)(H2,38,53)(H,39,55)(H,40,58)(H,41,54)(H,42,56)(H,43,57)(H,44,60)(H,45,59)/t13-,14?,15-,16-,17-,20+,21+,22+,24?,25+,26+,27+/m1/s1. The molecule has 0 aliphatic rings. The van der Waals surface area contributed by atoms with E-state index in [2.05, 4.69) is 37.2 Å². The van der Waals surface area contributed by atoms with Crippen molar-refractivity contribution in [3.63, 3.8) is 0 Å². The number of phenols is 1. The molecule has 336 valence electrons. The highest BCUT2D eigenvalue weighted by atomic mass is 16.3. The van der Waals surface area contributed by atoms with Gasteiger partial charge in [0, 0.05) is 6.42 Å². The molecule has 0 heterocycles. The lowest BCUT2D eigenvalue weighted by Gasteiger charge is -2.29. The zero-order chi connectivity index (χ0) is 46.2. The zero-order valence-electron chi connectivity index (χ0n) is 33.4. The predicted molar refractivity (Wildman–Crippen MR) is 206 cm³/mol. The fraction of sp³-hybridized carbons (Fsp3) is 0.571. The van der Waals surface area contributed by atoms with Gasteiger partial charge in [-0.3, -0.25) is 43.2 Å². The zero-order valence-corrected chi connectivity index (χ0v) is 33.4. The van der Waals surface area contributed by atoms with Crippen LogP contribution in [-0.4, -0.2) is 163 Å². The summed E-state index contributed by atoms with van der Waals surface area (Å²) in [6.07, 6.45) is -7.89. The summed E-state index contributed by atoms with van der Waals surface area (Å²) in [5, 5.41) is 75.4. The van der Waals surface area contributed by atoms with Crippen LogP contribution in [0.15, 0.2) is 24.3 Å². The van der Waals surface area contributed by atoms with E-state index in [0.717, 1.165) is 27.7 Å². The number of hydrogen-bond acceptors (Lipinski definition) is 16. The number of amides is 9. The Morgan fingerprint density at radius 3 is 1.25 bits per heavy atom. The molecule has 60 heavy (non-hydrogen) atoms. The maximum Gasteiger partial charge on any atom is 0.245 e. The molecule has 0 aliphatic heterocycles. The van der Waals surface area contributed by atoms with Gasteiger partial charge in [-0.15, -0.1) is 0 Å². The van der Waals surface area contributed by atoms with Crippen LogP contribution in [0, 0.1) is 0 Å². The second-order valence-electron chi connectivity index (χ2n) is 14.0. The van der Waals surface area contributed by atoms with Gasteiger partial charge in [-0.05, 0) is 52.3 Å². The summed E-state index contributed by atoms with van der Waals surface area (Å²) in [5.41, 5.74) is 16.4. The van der Waals surface area contributed by atoms with Gasteiger partial charge in [0.2, 0.25) is 53.2 Å². The summed E-state index contributed by atoms with van der Waals surface area (Å²) in [5.74, 6) is -10.6. The molecule has 0 saturated heterocycles. The van der Waals surface area contributed by atoms with Gasteiger partial charge in [0.1, 0.15) is 48.0 Å². The van der Waals surface area contributed by atoms with Crippen molar-refractivity contribution >= 4 is 53.2 Å². The molecule has 19 N–H and O–H groups in total. The summed E-state index contributed by atoms with van der Waals surface area (Å²) in [6, 6.07) is -8.26. The molecule has 0 aliphatic carbocycles. The second-order valence-corrected chi connectivity index (χ2v) is 14.0. The quantitative estimate of drug-likeness (QED) is 0.0459. The van der Waals surface area contributed by atoms with Crippen molar-refractivity contribution in [2.75, 3.05) is 6.61 Å². The first kappa shape index (κ1) is 52.0. The minimum atomic E-state index is -1.98. The van der Waals surface area contributed by atoms with Crippen LogP contribution in [0.4, 0.5) is 0 Å². The topological polar surface area (TPSA) is 437 Å². The van der Waals surface area contributed by atoms with E-state index < -0.39 is 139 Å². The minimum absolute atomic E-state index is 0.135. The average Bonchev–Trinajstić information content (AvgIpc) is 3.14. The third-order valence-corrected chi connectivity index (χ3v) is 8.55. The fourth-order valence-corrected chi connectivity index (χ4v) is 5.16. The summed E-state index contributed by atoms with van der Waals surface area (Å²) >= 11 is 0. The summed E-state index contributed by atoms with van der Waals surface area (Å²) in [7, 11) is 0. The van der Waals surface area contributed by atoms with Gasteiger partial charge in [-0.25, -0.2) is 0 Å². The van der Waals surface area contributed by atoms with Gasteiger partial charge < -0.3 is 85.1 Å². The lowest BCUT2D eigenvalue weighted by molar-refractivity contribution is -0.139. The Morgan fingerprint density at radius 1 is 0.517 bits per heavy atom. The lowest BCUT2D eigenvalue weighted by atomic mass is 10.0. The molecule has 1 aromatic rings. The SMILES string of the molecule is CC(O)C(NC(=O)[C@H](Cc1ccc(O)cc1)NC(=O)[C@H](CC(N)=O)NC(=O)[C@@H](NC(=O)[C@@H](NC(=O)[C@@H](NC(=O)[C@H](CO)NC(=O)[C@@H](C)N)[C@@H](C)O)[C@@H](C)O)[C@@H](C)O)C(N)=O. The van der Waals surface area contributed by atoms with Crippen LogP contribution in [0.25, 0.3) is 0 Å². The number of rotatable bonds is 24. The van der Waals surface area contributed by atoms with E-state index in [0.29, 0.717) is 5.56 Å². The Balaban J connectivity index is 3.33. The molecule has 9 amide bonds. The maximum absolute atomic E-state index is 13.6. The second kappa shape index (κ2) is 24.2. The molecule has 25 heteroatoms. The van der Waals surface area contributed by atoms with Crippen LogP contribution in [-0.2, 0) is 49.6 Å². The van der Waals surface area contributed by atoms with Crippen LogP contribution < -0.4 is 54.4 Å². The number of benzene rings is 1. The highest BCUT2D eigenvalue weighted by molar-refractivity contribution is 5.99. The van der Waals surface area contributed by atoms with E-state index in [4.69, 9.17) is 17.2 Å². The van der Waals surface area contributed by atoms with E-state index in [1.165, 1.54) is 31.2 Å². The van der Waals surface area contributed by atoms with Crippen molar-refractivity contribution in [1.29, 1.82) is 0 Å². The van der Waals surface area contributed by atoms with E-state index >= 15 is 0 Å². The molecular weight excluding hydrogens is 800 g/mol. The predicted octanol–water partition coefficient (Wildman–Crippen LogP) is -8.45. The van der Waals surface area contributed by atoms with Gasteiger partial charge in [0.05, 0.1) is 43.5 Å².